The zero-order valence-electron chi connectivity index (χ0n) is 10.0. The summed E-state index contributed by atoms with van der Waals surface area (Å²) >= 11 is 6.26. The van der Waals surface area contributed by atoms with E-state index in [-0.39, 0.29) is 16.9 Å². The minimum Gasteiger partial charge on any atom is -0.488 e. The Kier molecular flexibility index (Phi) is 3.11. The van der Waals surface area contributed by atoms with E-state index < -0.39 is 0 Å². The molecule has 0 bridgehead atoms. The second kappa shape index (κ2) is 4.25. The lowest BCUT2D eigenvalue weighted by atomic mass is 9.65. The molecule has 1 aromatic rings. The maximum absolute atomic E-state index is 6.26. The summed E-state index contributed by atoms with van der Waals surface area (Å²) in [5.41, 5.74) is 1.04. The van der Waals surface area contributed by atoms with Gasteiger partial charge < -0.3 is 4.74 Å². The monoisotopic (exact) mass is 239 g/mol. The lowest BCUT2D eigenvalue weighted by molar-refractivity contribution is -0.0300. The number of rotatable bonds is 3. The molecule has 3 unspecified atom stereocenters. The third-order valence-electron chi connectivity index (χ3n) is 3.86. The molecular weight excluding hydrogens is 222 g/mol. The quantitative estimate of drug-likeness (QED) is 0.753. The number of ether oxygens (including phenoxy) is 1. The third-order valence-corrected chi connectivity index (χ3v) is 4.54. The largest absolute Gasteiger partial charge is 0.488 e. The Balaban J connectivity index is 2.10. The summed E-state index contributed by atoms with van der Waals surface area (Å²) < 4.78 is 6.01. The number of hydrogen-bond acceptors (Lipinski definition) is 2. The second-order valence-electron chi connectivity index (χ2n) is 4.76. The van der Waals surface area contributed by atoms with Crippen LogP contribution in [0, 0.1) is 12.3 Å². The molecule has 0 aliphatic heterocycles. The van der Waals surface area contributed by atoms with Crippen molar-refractivity contribution < 1.29 is 4.74 Å². The molecule has 0 N–H and O–H groups in total. The highest BCUT2D eigenvalue weighted by Gasteiger charge is 2.51. The van der Waals surface area contributed by atoms with Crippen molar-refractivity contribution in [2.45, 2.75) is 45.1 Å². The van der Waals surface area contributed by atoms with E-state index in [9.17, 15) is 0 Å². The highest BCUT2D eigenvalue weighted by molar-refractivity contribution is 6.21. The van der Waals surface area contributed by atoms with E-state index in [0.717, 1.165) is 24.3 Å². The van der Waals surface area contributed by atoms with E-state index in [1.54, 1.807) is 6.20 Å². The first-order valence-electron chi connectivity index (χ1n) is 5.80. The molecular formula is C13H18ClNO. The number of aryl methyl sites for hydroxylation is 1. The van der Waals surface area contributed by atoms with Crippen molar-refractivity contribution >= 4 is 11.6 Å². The first kappa shape index (κ1) is 11.7. The first-order chi connectivity index (χ1) is 7.58. The van der Waals surface area contributed by atoms with Gasteiger partial charge in [0.15, 0.2) is 0 Å². The number of halogens is 1. The summed E-state index contributed by atoms with van der Waals surface area (Å²) in [4.78, 5) is 4.23. The highest BCUT2D eigenvalue weighted by Crippen LogP contribution is 2.49. The van der Waals surface area contributed by atoms with Crippen molar-refractivity contribution in [3.8, 4) is 5.75 Å². The molecule has 1 aliphatic rings. The number of hydrogen-bond donors (Lipinski definition) is 0. The van der Waals surface area contributed by atoms with E-state index in [1.807, 2.05) is 19.1 Å². The van der Waals surface area contributed by atoms with Crippen LogP contribution in [0.5, 0.6) is 5.75 Å². The van der Waals surface area contributed by atoms with Crippen molar-refractivity contribution in [3.63, 3.8) is 0 Å². The molecule has 1 heterocycles. The van der Waals surface area contributed by atoms with Gasteiger partial charge in [-0.2, -0.15) is 0 Å². The van der Waals surface area contributed by atoms with Crippen LogP contribution in [0.3, 0.4) is 0 Å². The first-order valence-corrected chi connectivity index (χ1v) is 6.24. The average Bonchev–Trinajstić information content (AvgIpc) is 2.30. The molecule has 1 saturated carbocycles. The van der Waals surface area contributed by atoms with Gasteiger partial charge in [-0.15, -0.1) is 11.6 Å². The van der Waals surface area contributed by atoms with E-state index in [0.29, 0.717) is 0 Å². The summed E-state index contributed by atoms with van der Waals surface area (Å²) in [6, 6.07) is 3.88. The predicted molar refractivity (Wildman–Crippen MR) is 66.0 cm³/mol. The fourth-order valence-electron chi connectivity index (χ4n) is 2.15. The topological polar surface area (TPSA) is 22.1 Å². The third kappa shape index (κ3) is 1.80. The molecule has 2 rings (SSSR count). The van der Waals surface area contributed by atoms with Crippen molar-refractivity contribution in [2.24, 2.45) is 5.41 Å². The van der Waals surface area contributed by atoms with E-state index in [4.69, 9.17) is 16.3 Å². The second-order valence-corrected chi connectivity index (χ2v) is 5.28. The molecule has 0 saturated heterocycles. The van der Waals surface area contributed by atoms with Gasteiger partial charge in [-0.25, -0.2) is 0 Å². The maximum atomic E-state index is 6.26. The summed E-state index contributed by atoms with van der Waals surface area (Å²) in [6.45, 7) is 6.33. The van der Waals surface area contributed by atoms with Gasteiger partial charge in [-0.05, 0) is 25.5 Å². The summed E-state index contributed by atoms with van der Waals surface area (Å²) in [6.07, 6.45) is 3.99. The molecule has 1 aromatic heterocycles. The van der Waals surface area contributed by atoms with Crippen molar-refractivity contribution in [2.75, 3.05) is 0 Å². The van der Waals surface area contributed by atoms with Gasteiger partial charge in [0.1, 0.15) is 11.9 Å². The molecule has 88 valence electrons. The van der Waals surface area contributed by atoms with Crippen LogP contribution in [0.2, 0.25) is 0 Å². The lowest BCUT2D eigenvalue weighted by Gasteiger charge is -2.50. The molecule has 16 heavy (non-hydrogen) atoms. The average molecular weight is 240 g/mol. The SMILES string of the molecule is CCC1(C)C(Cl)CC1Oc1cccnc1C. The van der Waals surface area contributed by atoms with Crippen molar-refractivity contribution in [1.82, 2.24) is 4.98 Å². The molecule has 0 aromatic carbocycles. The smallest absolute Gasteiger partial charge is 0.140 e. The maximum Gasteiger partial charge on any atom is 0.140 e. The summed E-state index contributed by atoms with van der Waals surface area (Å²) in [7, 11) is 0. The van der Waals surface area contributed by atoms with Crippen LogP contribution in [0.1, 0.15) is 32.4 Å². The Morgan fingerprint density at radius 3 is 2.94 bits per heavy atom. The van der Waals surface area contributed by atoms with Crippen molar-refractivity contribution in [3.05, 3.63) is 24.0 Å². The number of alkyl halides is 1. The van der Waals surface area contributed by atoms with Crippen LogP contribution < -0.4 is 4.74 Å². The molecule has 1 aliphatic carbocycles. The Morgan fingerprint density at radius 1 is 1.62 bits per heavy atom. The van der Waals surface area contributed by atoms with Gasteiger partial charge in [0.2, 0.25) is 0 Å². The van der Waals surface area contributed by atoms with Gasteiger partial charge in [-0.1, -0.05) is 13.8 Å². The van der Waals surface area contributed by atoms with Gasteiger partial charge in [0, 0.05) is 23.4 Å². The number of aromatic nitrogens is 1. The standard InChI is InChI=1S/C13H18ClNO/c1-4-13(3)11(14)8-12(13)16-10-6-5-7-15-9(10)2/h5-7,11-12H,4,8H2,1-3H3. The van der Waals surface area contributed by atoms with E-state index in [2.05, 4.69) is 18.8 Å². The van der Waals surface area contributed by atoms with Crippen LogP contribution in [0.15, 0.2) is 18.3 Å². The lowest BCUT2D eigenvalue weighted by Crippen LogP contribution is -2.55. The van der Waals surface area contributed by atoms with Gasteiger partial charge >= 0.3 is 0 Å². The van der Waals surface area contributed by atoms with Crippen molar-refractivity contribution in [1.29, 1.82) is 0 Å². The Hall–Kier alpha value is -0.760. The molecule has 0 radical (unpaired) electrons. The van der Waals surface area contributed by atoms with Crippen LogP contribution >= 0.6 is 11.6 Å². The van der Waals surface area contributed by atoms with E-state index >= 15 is 0 Å². The zero-order chi connectivity index (χ0) is 11.8. The highest BCUT2D eigenvalue weighted by atomic mass is 35.5. The zero-order valence-corrected chi connectivity index (χ0v) is 10.8. The fraction of sp³-hybridized carbons (Fsp3) is 0.615. The molecule has 0 spiro atoms. The van der Waals surface area contributed by atoms with Crippen LogP contribution in [0.4, 0.5) is 0 Å². The van der Waals surface area contributed by atoms with Crippen LogP contribution in [-0.2, 0) is 0 Å². The van der Waals surface area contributed by atoms with E-state index in [1.165, 1.54) is 0 Å². The molecule has 2 nitrogen and oxygen atoms in total. The van der Waals surface area contributed by atoms with Gasteiger partial charge in [0.25, 0.3) is 0 Å². The van der Waals surface area contributed by atoms with Crippen LogP contribution in [-0.4, -0.2) is 16.5 Å². The minimum absolute atomic E-state index is 0.101. The molecule has 3 heteroatoms. The normalized spacial score (nSPS) is 33.2. The Labute approximate surface area is 102 Å². The molecule has 1 fully saturated rings. The predicted octanol–water partition coefficient (Wildman–Crippen LogP) is 3.56. The van der Waals surface area contributed by atoms with Gasteiger partial charge in [-0.3, -0.25) is 4.98 Å². The summed E-state index contributed by atoms with van der Waals surface area (Å²) in [5, 5.41) is 0.236. The molecule has 0 amide bonds. The summed E-state index contributed by atoms with van der Waals surface area (Å²) in [5.74, 6) is 0.885. The molecule has 3 atom stereocenters. The minimum atomic E-state index is 0.101. The van der Waals surface area contributed by atoms with Gasteiger partial charge in [0.05, 0.1) is 5.69 Å². The fourth-order valence-corrected chi connectivity index (χ4v) is 2.60. The number of nitrogens with zero attached hydrogens (tertiary/aromatic N) is 1. The Morgan fingerprint density at radius 2 is 2.38 bits per heavy atom. The van der Waals surface area contributed by atoms with Crippen LogP contribution in [0.25, 0.3) is 0 Å². The Bertz CT molecular complexity index is 382. The number of pyridine rings is 1.